The zero-order valence-electron chi connectivity index (χ0n) is 29.9. The quantitative estimate of drug-likeness (QED) is 0.158. The predicted octanol–water partition coefficient (Wildman–Crippen LogP) is 12.8. The Kier molecular flexibility index (Phi) is 8.08. The summed E-state index contributed by atoms with van der Waals surface area (Å²) in [5.41, 5.74) is 15.8. The molecule has 0 aliphatic carbocycles. The zero-order chi connectivity index (χ0) is 36.6. The predicted molar refractivity (Wildman–Crippen MR) is 226 cm³/mol. The third-order valence-corrected chi connectivity index (χ3v) is 10.2. The summed E-state index contributed by atoms with van der Waals surface area (Å²) in [6.07, 6.45) is 4.18. The van der Waals surface area contributed by atoms with Crippen LogP contribution in [0, 0.1) is 0 Å². The lowest BCUT2D eigenvalue weighted by Crippen LogP contribution is -2.10. The summed E-state index contributed by atoms with van der Waals surface area (Å²) < 4.78 is 4.36. The summed E-state index contributed by atoms with van der Waals surface area (Å²) in [5.74, 6) is 0. The molecule has 0 saturated carbocycles. The third-order valence-electron chi connectivity index (χ3n) is 10.2. The van der Waals surface area contributed by atoms with E-state index in [9.17, 15) is 0 Å². The number of aromatic nitrogens is 4. The first-order valence-electron chi connectivity index (χ1n) is 18.5. The number of nitrogens with zero attached hydrogens (tertiary/aromatic N) is 5. The van der Waals surface area contributed by atoms with Gasteiger partial charge in [0.05, 0.1) is 22.8 Å². The summed E-state index contributed by atoms with van der Waals surface area (Å²) in [5, 5.41) is 0. The molecule has 0 spiro atoms. The average Bonchev–Trinajstić information content (AvgIpc) is 3.85. The van der Waals surface area contributed by atoms with E-state index < -0.39 is 0 Å². The van der Waals surface area contributed by atoms with Crippen LogP contribution in [0.5, 0.6) is 0 Å². The van der Waals surface area contributed by atoms with Crippen LogP contribution < -0.4 is 4.90 Å². The number of imidazole rings is 2. The minimum atomic E-state index is 0.918. The van der Waals surface area contributed by atoms with Gasteiger partial charge in [-0.2, -0.15) is 0 Å². The van der Waals surface area contributed by atoms with E-state index in [2.05, 4.69) is 202 Å². The van der Waals surface area contributed by atoms with Gasteiger partial charge in [0.2, 0.25) is 0 Å². The van der Waals surface area contributed by atoms with Crippen LogP contribution in [0.3, 0.4) is 0 Å². The molecule has 4 aromatic heterocycles. The SMILES string of the molecule is c1ccc(-c2cccc(N(c3ccc(-c4c(-c5ccccc5)nc5ccccn45)cc3)c3ccc(-c4c(-c5ccccc5)nc5ccccn45)cc3)c2)cc1. The molecule has 0 radical (unpaired) electrons. The third kappa shape index (κ3) is 5.94. The van der Waals surface area contributed by atoms with Gasteiger partial charge >= 0.3 is 0 Å². The summed E-state index contributed by atoms with van der Waals surface area (Å²) >= 11 is 0. The molecule has 10 aromatic rings. The molecule has 0 bridgehead atoms. The molecule has 0 fully saturated rings. The standard InChI is InChI=1S/C50H35N5/c1-4-15-36(16-5-1)41-21-14-22-44(35-41)55(42-29-25-39(26-30-42)49-47(37-17-6-2-7-18-37)51-45-23-10-12-33-53(45)49)43-31-27-40(28-32-43)50-48(38-19-8-3-9-20-38)52-46-24-11-13-34-54(46)50/h1-35H. The van der Waals surface area contributed by atoms with E-state index in [4.69, 9.17) is 9.97 Å². The van der Waals surface area contributed by atoms with Gasteiger partial charge in [-0.3, -0.25) is 8.80 Å². The minimum absolute atomic E-state index is 0.918. The van der Waals surface area contributed by atoms with E-state index in [0.29, 0.717) is 0 Å². The molecule has 5 nitrogen and oxygen atoms in total. The van der Waals surface area contributed by atoms with Gasteiger partial charge in [-0.1, -0.05) is 140 Å². The smallest absolute Gasteiger partial charge is 0.137 e. The second-order valence-electron chi connectivity index (χ2n) is 13.6. The average molecular weight is 706 g/mol. The number of fused-ring (bicyclic) bond motifs is 2. The van der Waals surface area contributed by atoms with Crippen LogP contribution in [-0.2, 0) is 0 Å². The molecule has 0 unspecified atom stereocenters. The Bertz CT molecular complexity index is 2730. The fraction of sp³-hybridized carbons (Fsp3) is 0. The Morgan fingerprint density at radius 3 is 1.20 bits per heavy atom. The number of benzene rings is 6. The number of anilines is 3. The molecule has 0 atom stereocenters. The highest BCUT2D eigenvalue weighted by molar-refractivity contribution is 5.87. The Morgan fingerprint density at radius 2 is 0.727 bits per heavy atom. The molecular formula is C50H35N5. The Balaban J connectivity index is 1.10. The monoisotopic (exact) mass is 705 g/mol. The Hall–Kier alpha value is -7.50. The van der Waals surface area contributed by atoms with Crippen LogP contribution in [0.1, 0.15) is 0 Å². The van der Waals surface area contributed by atoms with E-state index in [1.165, 1.54) is 5.56 Å². The van der Waals surface area contributed by atoms with Gasteiger partial charge in [-0.15, -0.1) is 0 Å². The molecule has 4 heterocycles. The summed E-state index contributed by atoms with van der Waals surface area (Å²) in [7, 11) is 0. The fourth-order valence-electron chi connectivity index (χ4n) is 7.58. The zero-order valence-corrected chi connectivity index (χ0v) is 29.9. The topological polar surface area (TPSA) is 37.8 Å². The van der Waals surface area contributed by atoms with Crippen molar-refractivity contribution in [1.29, 1.82) is 0 Å². The van der Waals surface area contributed by atoms with Gasteiger partial charge in [0, 0.05) is 51.7 Å². The van der Waals surface area contributed by atoms with Crippen LogP contribution in [0.25, 0.3) is 67.5 Å². The maximum Gasteiger partial charge on any atom is 0.137 e. The lowest BCUT2D eigenvalue weighted by Gasteiger charge is -2.26. The van der Waals surface area contributed by atoms with Gasteiger partial charge in [0.15, 0.2) is 0 Å². The molecular weight excluding hydrogens is 671 g/mol. The van der Waals surface area contributed by atoms with E-state index in [1.54, 1.807) is 0 Å². The van der Waals surface area contributed by atoms with Crippen molar-refractivity contribution in [2.45, 2.75) is 0 Å². The normalized spacial score (nSPS) is 11.3. The highest BCUT2D eigenvalue weighted by atomic mass is 15.1. The van der Waals surface area contributed by atoms with E-state index in [1.807, 2.05) is 24.3 Å². The largest absolute Gasteiger partial charge is 0.310 e. The van der Waals surface area contributed by atoms with Gasteiger partial charge < -0.3 is 4.90 Å². The van der Waals surface area contributed by atoms with Crippen LogP contribution >= 0.6 is 0 Å². The summed E-state index contributed by atoms with van der Waals surface area (Å²) in [4.78, 5) is 12.5. The lowest BCUT2D eigenvalue weighted by atomic mass is 10.0. The first kappa shape index (κ1) is 32.2. The number of rotatable bonds is 8. The molecule has 0 N–H and O–H groups in total. The van der Waals surface area contributed by atoms with Crippen molar-refractivity contribution >= 4 is 28.4 Å². The highest BCUT2D eigenvalue weighted by Crippen LogP contribution is 2.41. The van der Waals surface area contributed by atoms with Crippen molar-refractivity contribution in [2.75, 3.05) is 4.90 Å². The summed E-state index contributed by atoms with van der Waals surface area (Å²) in [6.45, 7) is 0. The number of pyridine rings is 2. The van der Waals surface area contributed by atoms with Crippen molar-refractivity contribution in [3.63, 3.8) is 0 Å². The molecule has 0 saturated heterocycles. The van der Waals surface area contributed by atoms with Crippen LogP contribution in [0.2, 0.25) is 0 Å². The van der Waals surface area contributed by atoms with Gasteiger partial charge in [0.25, 0.3) is 0 Å². The second kappa shape index (κ2) is 13.8. The van der Waals surface area contributed by atoms with Gasteiger partial charge in [0.1, 0.15) is 11.3 Å². The molecule has 0 aliphatic heterocycles. The lowest BCUT2D eigenvalue weighted by molar-refractivity contribution is 1.19. The van der Waals surface area contributed by atoms with Crippen LogP contribution in [-0.4, -0.2) is 18.8 Å². The van der Waals surface area contributed by atoms with Crippen molar-refractivity contribution in [2.24, 2.45) is 0 Å². The van der Waals surface area contributed by atoms with E-state index >= 15 is 0 Å². The van der Waals surface area contributed by atoms with Crippen LogP contribution in [0.4, 0.5) is 17.1 Å². The molecule has 260 valence electrons. The van der Waals surface area contributed by atoms with E-state index in [-0.39, 0.29) is 0 Å². The summed E-state index contributed by atoms with van der Waals surface area (Å²) in [6, 6.07) is 70.2. The fourth-order valence-corrected chi connectivity index (χ4v) is 7.58. The highest BCUT2D eigenvalue weighted by Gasteiger charge is 2.20. The molecule has 55 heavy (non-hydrogen) atoms. The first-order valence-corrected chi connectivity index (χ1v) is 18.5. The van der Waals surface area contributed by atoms with Crippen molar-refractivity contribution in [3.05, 3.63) is 213 Å². The second-order valence-corrected chi connectivity index (χ2v) is 13.6. The van der Waals surface area contributed by atoms with Crippen molar-refractivity contribution in [1.82, 2.24) is 18.8 Å². The molecule has 0 amide bonds. The van der Waals surface area contributed by atoms with Crippen molar-refractivity contribution in [3.8, 4) is 56.2 Å². The number of hydrogen-bond acceptors (Lipinski definition) is 3. The molecule has 0 aliphatic rings. The Labute approximate surface area is 319 Å². The van der Waals surface area contributed by atoms with Crippen molar-refractivity contribution < 1.29 is 0 Å². The maximum atomic E-state index is 5.07. The van der Waals surface area contributed by atoms with Crippen LogP contribution in [0.15, 0.2) is 213 Å². The van der Waals surface area contributed by atoms with Gasteiger partial charge in [-0.25, -0.2) is 9.97 Å². The first-order chi connectivity index (χ1) is 27.3. The van der Waals surface area contributed by atoms with E-state index in [0.717, 1.165) is 78.9 Å². The minimum Gasteiger partial charge on any atom is -0.310 e. The maximum absolute atomic E-state index is 5.07. The Morgan fingerprint density at radius 1 is 0.309 bits per heavy atom. The molecule has 6 aromatic carbocycles. The van der Waals surface area contributed by atoms with Gasteiger partial charge in [-0.05, 0) is 71.8 Å². The molecule has 5 heteroatoms. The molecule has 10 rings (SSSR count). The number of hydrogen-bond donors (Lipinski definition) is 0.